The van der Waals surface area contributed by atoms with Crippen LogP contribution in [-0.2, 0) is 0 Å². The third-order valence-corrected chi connectivity index (χ3v) is 6.30. The smallest absolute Gasteiger partial charge is 0.0525 e. The third-order valence-electron chi connectivity index (χ3n) is 5.39. The minimum Gasteiger partial charge on any atom is -0.118 e. The van der Waals surface area contributed by atoms with E-state index >= 15 is 0 Å². The first-order valence-corrected chi connectivity index (χ1v) is 6.81. The van der Waals surface area contributed by atoms with E-state index < -0.39 is 0 Å². The van der Waals surface area contributed by atoms with Gasteiger partial charge in [-0.3, -0.25) is 0 Å². The van der Waals surface area contributed by atoms with Crippen LogP contribution in [0.25, 0.3) is 0 Å². The highest BCUT2D eigenvalue weighted by molar-refractivity contribution is 6.24. The zero-order chi connectivity index (χ0) is 12.3. The van der Waals surface area contributed by atoms with E-state index in [0.29, 0.717) is 0 Å². The number of alkyl halides is 1. The second kappa shape index (κ2) is 5.08. The Labute approximate surface area is 102 Å². The molecule has 0 radical (unpaired) electrons. The Kier molecular flexibility index (Phi) is 5.18. The van der Waals surface area contributed by atoms with Crippen molar-refractivity contribution in [2.45, 2.75) is 79.0 Å². The molecule has 15 heavy (non-hydrogen) atoms. The van der Waals surface area contributed by atoms with Crippen LogP contribution in [0.5, 0.6) is 0 Å². The SMILES string of the molecule is CCC(C)(CC)C(C)(Cl)C(C)(CC)CC. The molecule has 0 aliphatic heterocycles. The lowest BCUT2D eigenvalue weighted by molar-refractivity contribution is 0.0715. The van der Waals surface area contributed by atoms with E-state index in [9.17, 15) is 0 Å². The number of hydrogen-bond donors (Lipinski definition) is 0. The first-order valence-electron chi connectivity index (χ1n) is 6.43. The fraction of sp³-hybridized carbons (Fsp3) is 1.00. The second-order valence-electron chi connectivity index (χ2n) is 5.54. The molecule has 0 aliphatic carbocycles. The summed E-state index contributed by atoms with van der Waals surface area (Å²) in [6, 6.07) is 0. The first kappa shape index (κ1) is 15.3. The second-order valence-corrected chi connectivity index (χ2v) is 6.29. The van der Waals surface area contributed by atoms with Gasteiger partial charge in [0.2, 0.25) is 0 Å². The lowest BCUT2D eigenvalue weighted by Crippen LogP contribution is -2.50. The maximum Gasteiger partial charge on any atom is 0.0525 e. The Balaban J connectivity index is 5.25. The summed E-state index contributed by atoms with van der Waals surface area (Å²) in [5.74, 6) is 0. The molecule has 0 spiro atoms. The quantitative estimate of drug-likeness (QED) is 0.520. The van der Waals surface area contributed by atoms with Crippen molar-refractivity contribution >= 4 is 11.6 Å². The standard InChI is InChI=1S/C14H29Cl/c1-8-12(5,9-2)14(7,15)13(6,10-3)11-4/h8-11H2,1-7H3. The normalized spacial score (nSPS) is 14.4. The molecule has 0 aromatic rings. The molecule has 0 saturated heterocycles. The Morgan fingerprint density at radius 1 is 0.667 bits per heavy atom. The third kappa shape index (κ3) is 2.35. The highest BCUT2D eigenvalue weighted by atomic mass is 35.5. The van der Waals surface area contributed by atoms with Gasteiger partial charge in [-0.25, -0.2) is 0 Å². The van der Waals surface area contributed by atoms with Crippen molar-refractivity contribution in [3.63, 3.8) is 0 Å². The van der Waals surface area contributed by atoms with Gasteiger partial charge in [-0.05, 0) is 43.4 Å². The molecule has 0 unspecified atom stereocenters. The van der Waals surface area contributed by atoms with E-state index in [1.54, 1.807) is 0 Å². The van der Waals surface area contributed by atoms with Crippen molar-refractivity contribution in [2.75, 3.05) is 0 Å². The van der Waals surface area contributed by atoms with Crippen molar-refractivity contribution in [2.24, 2.45) is 10.8 Å². The Morgan fingerprint density at radius 2 is 0.867 bits per heavy atom. The van der Waals surface area contributed by atoms with E-state index in [-0.39, 0.29) is 15.7 Å². The maximum absolute atomic E-state index is 6.95. The van der Waals surface area contributed by atoms with Crippen LogP contribution in [0.1, 0.15) is 74.1 Å². The maximum atomic E-state index is 6.95. The molecule has 1 heteroatoms. The Hall–Kier alpha value is 0.290. The van der Waals surface area contributed by atoms with Crippen molar-refractivity contribution in [1.29, 1.82) is 0 Å². The lowest BCUT2D eigenvalue weighted by atomic mass is 9.59. The van der Waals surface area contributed by atoms with Gasteiger partial charge in [0, 0.05) is 0 Å². The van der Waals surface area contributed by atoms with Crippen LogP contribution in [0.15, 0.2) is 0 Å². The minimum atomic E-state index is -0.118. The molecule has 0 aliphatic rings. The van der Waals surface area contributed by atoms with Gasteiger partial charge in [-0.1, -0.05) is 41.5 Å². The van der Waals surface area contributed by atoms with Crippen LogP contribution in [0.3, 0.4) is 0 Å². The van der Waals surface area contributed by atoms with Crippen LogP contribution in [0, 0.1) is 10.8 Å². The molecule has 0 aromatic carbocycles. The van der Waals surface area contributed by atoms with Gasteiger partial charge in [-0.2, -0.15) is 0 Å². The van der Waals surface area contributed by atoms with Crippen LogP contribution in [0.2, 0.25) is 0 Å². The first-order chi connectivity index (χ1) is 6.74. The number of rotatable bonds is 6. The lowest BCUT2D eigenvalue weighted by Gasteiger charge is -2.52. The zero-order valence-electron chi connectivity index (χ0n) is 11.7. The Morgan fingerprint density at radius 3 is 1.00 bits per heavy atom. The topological polar surface area (TPSA) is 0 Å². The highest BCUT2D eigenvalue weighted by Crippen LogP contribution is 2.55. The van der Waals surface area contributed by atoms with Crippen LogP contribution < -0.4 is 0 Å². The molecule has 0 atom stereocenters. The molecular formula is C14H29Cl. The van der Waals surface area contributed by atoms with Crippen molar-refractivity contribution in [3.05, 3.63) is 0 Å². The highest BCUT2D eigenvalue weighted by Gasteiger charge is 2.51. The Bertz CT molecular complexity index is 166. The van der Waals surface area contributed by atoms with Crippen LogP contribution in [0.4, 0.5) is 0 Å². The summed E-state index contributed by atoms with van der Waals surface area (Å²) >= 11 is 6.95. The molecule has 0 heterocycles. The van der Waals surface area contributed by atoms with Crippen molar-refractivity contribution in [1.82, 2.24) is 0 Å². The molecule has 0 bridgehead atoms. The molecular weight excluding hydrogens is 204 g/mol. The van der Waals surface area contributed by atoms with Crippen molar-refractivity contribution < 1.29 is 0 Å². The summed E-state index contributed by atoms with van der Waals surface area (Å²) in [6.07, 6.45) is 4.61. The summed E-state index contributed by atoms with van der Waals surface area (Å²) < 4.78 is 0. The molecule has 0 amide bonds. The molecule has 0 aromatic heterocycles. The number of halogens is 1. The summed E-state index contributed by atoms with van der Waals surface area (Å²) in [6.45, 7) is 16.0. The summed E-state index contributed by atoms with van der Waals surface area (Å²) in [4.78, 5) is -0.118. The summed E-state index contributed by atoms with van der Waals surface area (Å²) in [5.41, 5.74) is 0.463. The molecule has 0 nitrogen and oxygen atoms in total. The molecule has 0 rings (SSSR count). The van der Waals surface area contributed by atoms with E-state index in [1.165, 1.54) is 0 Å². The van der Waals surface area contributed by atoms with Gasteiger partial charge < -0.3 is 0 Å². The van der Waals surface area contributed by atoms with Gasteiger partial charge in [0.1, 0.15) is 0 Å². The summed E-state index contributed by atoms with van der Waals surface area (Å²) in [5, 5.41) is 0. The average Bonchev–Trinajstić information content (AvgIpc) is 2.26. The van der Waals surface area contributed by atoms with Crippen molar-refractivity contribution in [3.8, 4) is 0 Å². The predicted octanol–water partition coefficient (Wildman–Crippen LogP) is 5.64. The predicted molar refractivity (Wildman–Crippen MR) is 71.6 cm³/mol. The summed E-state index contributed by atoms with van der Waals surface area (Å²) in [7, 11) is 0. The molecule has 0 fully saturated rings. The van der Waals surface area contributed by atoms with E-state index in [0.717, 1.165) is 25.7 Å². The largest absolute Gasteiger partial charge is 0.118 e. The van der Waals surface area contributed by atoms with E-state index in [4.69, 9.17) is 11.6 Å². The van der Waals surface area contributed by atoms with E-state index in [1.807, 2.05) is 0 Å². The van der Waals surface area contributed by atoms with Crippen LogP contribution in [-0.4, -0.2) is 4.87 Å². The van der Waals surface area contributed by atoms with Gasteiger partial charge in [0.25, 0.3) is 0 Å². The fourth-order valence-electron chi connectivity index (χ4n) is 2.56. The van der Waals surface area contributed by atoms with Gasteiger partial charge in [0.15, 0.2) is 0 Å². The van der Waals surface area contributed by atoms with Crippen LogP contribution >= 0.6 is 11.6 Å². The average molecular weight is 233 g/mol. The molecule has 0 saturated carbocycles. The van der Waals surface area contributed by atoms with Gasteiger partial charge >= 0.3 is 0 Å². The van der Waals surface area contributed by atoms with Gasteiger partial charge in [-0.15, -0.1) is 11.6 Å². The monoisotopic (exact) mass is 232 g/mol. The number of hydrogen-bond acceptors (Lipinski definition) is 0. The molecule has 0 N–H and O–H groups in total. The fourth-order valence-corrected chi connectivity index (χ4v) is 3.09. The van der Waals surface area contributed by atoms with E-state index in [2.05, 4.69) is 48.5 Å². The molecule has 92 valence electrons. The van der Waals surface area contributed by atoms with Gasteiger partial charge in [0.05, 0.1) is 4.87 Å². The minimum absolute atomic E-state index is 0.118. The zero-order valence-corrected chi connectivity index (χ0v) is 12.5.